The van der Waals surface area contributed by atoms with Gasteiger partial charge in [-0.2, -0.15) is 0 Å². The zero-order valence-electron chi connectivity index (χ0n) is 28.9. The molecule has 0 fully saturated rings. The lowest BCUT2D eigenvalue weighted by Crippen LogP contribution is -2.53. The van der Waals surface area contributed by atoms with Crippen LogP contribution in [0.1, 0.15) is 106 Å². The van der Waals surface area contributed by atoms with Crippen molar-refractivity contribution < 1.29 is 0 Å². The summed E-state index contributed by atoms with van der Waals surface area (Å²) >= 11 is 0. The number of hydrogen-bond acceptors (Lipinski definition) is 7. The monoisotopic (exact) mass is 599 g/mol. The van der Waals surface area contributed by atoms with Crippen LogP contribution in [0.3, 0.4) is 0 Å². The van der Waals surface area contributed by atoms with Crippen molar-refractivity contribution in [2.24, 2.45) is 0 Å². The molecule has 0 amide bonds. The van der Waals surface area contributed by atoms with Gasteiger partial charge in [-0.15, -0.1) is 0 Å². The van der Waals surface area contributed by atoms with E-state index in [1.807, 2.05) is 0 Å². The molecule has 0 aromatic heterocycles. The molecule has 44 heavy (non-hydrogen) atoms. The lowest BCUT2D eigenvalue weighted by molar-refractivity contribution is 0.126. The molecule has 0 bridgehead atoms. The molecule has 7 aliphatic rings. The minimum Gasteiger partial charge on any atom is -0.358 e. The SMILES string of the molecule is CCN1CCCC2=C1N(CC)C1=C(C2)CC2=C(N1CC)N(CC)C1=C(CC3=C(N(CC)C4=C(CCCN4CC)C3)N1CC)C2. The van der Waals surface area contributed by atoms with Gasteiger partial charge in [0.25, 0.3) is 0 Å². The molecule has 0 spiro atoms. The molecule has 0 aromatic carbocycles. The molecular formula is C37H57N7. The van der Waals surface area contributed by atoms with Crippen LogP contribution in [0, 0.1) is 0 Å². The Bertz CT molecular complexity index is 1290. The van der Waals surface area contributed by atoms with Crippen LogP contribution in [0.2, 0.25) is 0 Å². The van der Waals surface area contributed by atoms with Crippen LogP contribution in [0.25, 0.3) is 0 Å². The van der Waals surface area contributed by atoms with Crippen LogP contribution in [-0.2, 0) is 0 Å². The predicted molar refractivity (Wildman–Crippen MR) is 180 cm³/mol. The maximum Gasteiger partial charge on any atom is 0.115 e. The Balaban J connectivity index is 1.27. The molecule has 0 saturated carbocycles. The predicted octanol–water partition coefficient (Wildman–Crippen LogP) is 7.12. The van der Waals surface area contributed by atoms with Crippen molar-refractivity contribution >= 4 is 0 Å². The van der Waals surface area contributed by atoms with E-state index in [0.717, 1.165) is 77.9 Å². The van der Waals surface area contributed by atoms with Crippen molar-refractivity contribution in [2.45, 2.75) is 106 Å². The summed E-state index contributed by atoms with van der Waals surface area (Å²) in [4.78, 5) is 18.9. The fourth-order valence-corrected chi connectivity index (χ4v) is 9.80. The second-order valence-corrected chi connectivity index (χ2v) is 13.5. The fraction of sp³-hybridized carbons (Fsp3) is 0.676. The first kappa shape index (κ1) is 29.7. The Morgan fingerprint density at radius 2 is 0.614 bits per heavy atom. The molecule has 0 N–H and O–H groups in total. The van der Waals surface area contributed by atoms with E-state index in [9.17, 15) is 0 Å². The lowest BCUT2D eigenvalue weighted by Gasteiger charge is -2.55. The van der Waals surface area contributed by atoms with Gasteiger partial charge in [-0.1, -0.05) is 0 Å². The summed E-state index contributed by atoms with van der Waals surface area (Å²) in [7, 11) is 0. The molecule has 7 heteroatoms. The maximum absolute atomic E-state index is 2.74. The van der Waals surface area contributed by atoms with Gasteiger partial charge in [-0.3, -0.25) is 0 Å². The third kappa shape index (κ3) is 4.27. The van der Waals surface area contributed by atoms with Crippen molar-refractivity contribution in [3.05, 3.63) is 68.4 Å². The van der Waals surface area contributed by atoms with Gasteiger partial charge in [0.15, 0.2) is 0 Å². The zero-order valence-corrected chi connectivity index (χ0v) is 28.9. The highest BCUT2D eigenvalue weighted by molar-refractivity contribution is 5.49. The summed E-state index contributed by atoms with van der Waals surface area (Å²) < 4.78 is 0. The van der Waals surface area contributed by atoms with Crippen molar-refractivity contribution in [1.82, 2.24) is 34.3 Å². The first-order valence-corrected chi connectivity index (χ1v) is 18.2. The lowest BCUT2D eigenvalue weighted by atomic mass is 9.81. The van der Waals surface area contributed by atoms with Gasteiger partial charge in [0.05, 0.1) is 0 Å². The Morgan fingerprint density at radius 1 is 0.341 bits per heavy atom. The van der Waals surface area contributed by atoms with E-state index in [-0.39, 0.29) is 0 Å². The van der Waals surface area contributed by atoms with Crippen LogP contribution in [0.5, 0.6) is 0 Å². The highest BCUT2D eigenvalue weighted by Gasteiger charge is 2.45. The summed E-state index contributed by atoms with van der Waals surface area (Å²) in [6.45, 7) is 26.2. The van der Waals surface area contributed by atoms with Gasteiger partial charge in [-0.25, -0.2) is 0 Å². The van der Waals surface area contributed by atoms with E-state index >= 15 is 0 Å². The summed E-state index contributed by atoms with van der Waals surface area (Å²) in [5, 5.41) is 0. The minimum absolute atomic E-state index is 0.998. The van der Waals surface area contributed by atoms with E-state index in [1.54, 1.807) is 33.4 Å². The van der Waals surface area contributed by atoms with Crippen molar-refractivity contribution in [3.63, 3.8) is 0 Å². The quantitative estimate of drug-likeness (QED) is 0.307. The second kappa shape index (κ2) is 11.8. The summed E-state index contributed by atoms with van der Waals surface area (Å²) in [6, 6.07) is 0. The van der Waals surface area contributed by atoms with E-state index in [0.29, 0.717) is 0 Å². The zero-order chi connectivity index (χ0) is 30.7. The fourth-order valence-electron chi connectivity index (χ4n) is 9.80. The van der Waals surface area contributed by atoms with E-state index in [4.69, 9.17) is 0 Å². The van der Waals surface area contributed by atoms with Crippen LogP contribution in [-0.4, -0.2) is 93.2 Å². The number of allylic oxidation sites excluding steroid dienone is 6. The largest absolute Gasteiger partial charge is 0.358 e. The van der Waals surface area contributed by atoms with Crippen LogP contribution in [0.4, 0.5) is 0 Å². The first-order chi connectivity index (χ1) is 21.5. The van der Waals surface area contributed by atoms with Crippen LogP contribution in [0.15, 0.2) is 68.4 Å². The Hall–Kier alpha value is -2.96. The molecule has 7 rings (SSSR count). The molecular weight excluding hydrogens is 542 g/mol. The van der Waals surface area contributed by atoms with Gasteiger partial charge in [0.2, 0.25) is 0 Å². The van der Waals surface area contributed by atoms with Gasteiger partial charge in [0, 0.05) is 58.9 Å². The molecule has 0 aromatic rings. The third-order valence-electron chi connectivity index (χ3n) is 11.3. The molecule has 0 saturated heterocycles. The van der Waals surface area contributed by atoms with Crippen molar-refractivity contribution in [3.8, 4) is 0 Å². The minimum atomic E-state index is 0.998. The smallest absolute Gasteiger partial charge is 0.115 e. The Labute approximate surface area is 267 Å². The van der Waals surface area contributed by atoms with Crippen LogP contribution < -0.4 is 0 Å². The van der Waals surface area contributed by atoms with Crippen LogP contribution >= 0.6 is 0 Å². The molecule has 7 heterocycles. The number of rotatable bonds is 7. The van der Waals surface area contributed by atoms with Gasteiger partial charge in [0.1, 0.15) is 34.9 Å². The van der Waals surface area contributed by atoms with Gasteiger partial charge < -0.3 is 34.3 Å². The molecule has 0 unspecified atom stereocenters. The van der Waals surface area contributed by atoms with Crippen molar-refractivity contribution in [2.75, 3.05) is 58.9 Å². The van der Waals surface area contributed by atoms with E-state index < -0.39 is 0 Å². The average Bonchev–Trinajstić information content (AvgIpc) is 3.05. The Morgan fingerprint density at radius 3 is 0.886 bits per heavy atom. The molecule has 240 valence electrons. The normalized spacial score (nSPS) is 23.9. The second-order valence-electron chi connectivity index (χ2n) is 13.5. The molecule has 7 aliphatic heterocycles. The highest BCUT2D eigenvalue weighted by Crippen LogP contribution is 2.52. The molecule has 0 aliphatic carbocycles. The maximum atomic E-state index is 2.74. The Kier molecular flexibility index (Phi) is 7.95. The third-order valence-corrected chi connectivity index (χ3v) is 11.3. The standard InChI is InChI=1S/C37H57N7/c1-8-38-19-15-17-26-21-28-23-30-25-31-24-29-22-27-18-16-20-39(9-2)33(27)41(11-4)35(29)43(13-6)37(31)44(14-7)36(30)42(12-5)34(28)40(10-3)32(26)38/h8-25H2,1-7H3. The van der Waals surface area contributed by atoms with E-state index in [2.05, 4.69) is 82.8 Å². The summed E-state index contributed by atoms with van der Waals surface area (Å²) in [5.41, 5.74) is 10.0. The molecule has 7 nitrogen and oxygen atoms in total. The highest BCUT2D eigenvalue weighted by atomic mass is 15.5. The summed E-state index contributed by atoms with van der Waals surface area (Å²) in [5.74, 6) is 9.03. The molecule has 0 radical (unpaired) electrons. The summed E-state index contributed by atoms with van der Waals surface area (Å²) in [6.07, 6.45) is 10.8. The van der Waals surface area contributed by atoms with Gasteiger partial charge >= 0.3 is 0 Å². The molecule has 0 atom stereocenters. The average molecular weight is 600 g/mol. The van der Waals surface area contributed by atoms with E-state index in [1.165, 1.54) is 73.7 Å². The van der Waals surface area contributed by atoms with Gasteiger partial charge in [-0.05, 0) is 140 Å². The number of hydrogen-bond donors (Lipinski definition) is 0. The first-order valence-electron chi connectivity index (χ1n) is 18.2. The van der Waals surface area contributed by atoms with Crippen molar-refractivity contribution in [1.29, 1.82) is 0 Å². The topological polar surface area (TPSA) is 22.7 Å². The number of nitrogens with zero attached hydrogens (tertiary/aromatic N) is 7.